The van der Waals surface area contributed by atoms with Gasteiger partial charge in [-0.05, 0) is 35.9 Å². The molecular formula is C15H15ClN2O4S. The summed E-state index contributed by atoms with van der Waals surface area (Å²) in [4.78, 5) is 10.9. The molecule has 1 amide bonds. The van der Waals surface area contributed by atoms with E-state index >= 15 is 0 Å². The van der Waals surface area contributed by atoms with Gasteiger partial charge in [-0.15, -0.1) is 0 Å². The smallest absolute Gasteiger partial charge is 0.261 e. The van der Waals surface area contributed by atoms with Crippen molar-refractivity contribution in [2.24, 2.45) is 5.73 Å². The highest BCUT2D eigenvalue weighted by molar-refractivity contribution is 7.92. The van der Waals surface area contributed by atoms with E-state index in [1.54, 1.807) is 24.3 Å². The minimum absolute atomic E-state index is 0.0181. The summed E-state index contributed by atoms with van der Waals surface area (Å²) in [7, 11) is -2.33. The minimum Gasteiger partial charge on any atom is -0.495 e. The SMILES string of the molecule is COc1ccc(S(=O)(=O)Nc2ccc(CC(N)=O)cc2)cc1Cl. The Morgan fingerprint density at radius 1 is 1.22 bits per heavy atom. The fourth-order valence-corrected chi connectivity index (χ4v) is 3.33. The number of hydrogen-bond donors (Lipinski definition) is 2. The van der Waals surface area contributed by atoms with Crippen LogP contribution in [0.3, 0.4) is 0 Å². The number of halogens is 1. The van der Waals surface area contributed by atoms with Crippen LogP contribution in [0.25, 0.3) is 0 Å². The first kappa shape index (κ1) is 17.1. The summed E-state index contributed by atoms with van der Waals surface area (Å²) in [5.41, 5.74) is 6.17. The maximum atomic E-state index is 12.3. The number of carbonyl (C=O) groups is 1. The van der Waals surface area contributed by atoms with Gasteiger partial charge in [0.1, 0.15) is 5.75 Å². The monoisotopic (exact) mass is 354 g/mol. The topological polar surface area (TPSA) is 98.5 Å². The third-order valence-corrected chi connectivity index (χ3v) is 4.69. The van der Waals surface area contributed by atoms with Crippen molar-refractivity contribution in [2.75, 3.05) is 11.8 Å². The molecule has 2 aromatic carbocycles. The Kier molecular flexibility index (Phi) is 5.12. The van der Waals surface area contributed by atoms with E-state index in [2.05, 4.69) is 4.72 Å². The first-order chi connectivity index (χ1) is 10.8. The van der Waals surface area contributed by atoms with E-state index in [0.717, 1.165) is 0 Å². The Morgan fingerprint density at radius 2 is 1.87 bits per heavy atom. The molecule has 0 atom stereocenters. The van der Waals surface area contributed by atoms with Gasteiger partial charge < -0.3 is 10.5 Å². The molecule has 2 aromatic rings. The fourth-order valence-electron chi connectivity index (χ4n) is 1.92. The lowest BCUT2D eigenvalue weighted by atomic mass is 10.1. The highest BCUT2D eigenvalue weighted by Gasteiger charge is 2.16. The molecule has 0 saturated carbocycles. The third kappa shape index (κ3) is 4.37. The maximum Gasteiger partial charge on any atom is 0.261 e. The van der Waals surface area contributed by atoms with Gasteiger partial charge in [-0.3, -0.25) is 9.52 Å². The predicted molar refractivity (Wildman–Crippen MR) is 88.2 cm³/mol. The molecule has 0 radical (unpaired) electrons. The Hall–Kier alpha value is -2.25. The highest BCUT2D eigenvalue weighted by atomic mass is 35.5. The number of rotatable bonds is 6. The number of ether oxygens (including phenoxy) is 1. The first-order valence-electron chi connectivity index (χ1n) is 6.55. The molecule has 0 saturated heterocycles. The van der Waals surface area contributed by atoms with Gasteiger partial charge in [-0.2, -0.15) is 0 Å². The summed E-state index contributed by atoms with van der Waals surface area (Å²) < 4.78 is 32.1. The van der Waals surface area contributed by atoms with Gasteiger partial charge in [0.05, 0.1) is 23.4 Å². The van der Waals surface area contributed by atoms with E-state index < -0.39 is 15.9 Å². The second-order valence-corrected chi connectivity index (χ2v) is 6.83. The van der Waals surface area contributed by atoms with Crippen molar-refractivity contribution < 1.29 is 17.9 Å². The summed E-state index contributed by atoms with van der Waals surface area (Å²) in [6, 6.07) is 10.6. The molecule has 0 spiro atoms. The van der Waals surface area contributed by atoms with Crippen LogP contribution in [-0.4, -0.2) is 21.4 Å². The van der Waals surface area contributed by atoms with E-state index in [-0.39, 0.29) is 16.3 Å². The normalized spacial score (nSPS) is 11.0. The number of methoxy groups -OCH3 is 1. The Balaban J connectivity index is 2.20. The summed E-state index contributed by atoms with van der Waals surface area (Å²) in [5.74, 6) is -0.0624. The fraction of sp³-hybridized carbons (Fsp3) is 0.133. The van der Waals surface area contributed by atoms with Crippen LogP contribution >= 0.6 is 11.6 Å². The summed E-state index contributed by atoms with van der Waals surface area (Å²) >= 11 is 5.95. The van der Waals surface area contributed by atoms with Crippen molar-refractivity contribution in [3.05, 3.63) is 53.1 Å². The van der Waals surface area contributed by atoms with E-state index in [1.807, 2.05) is 0 Å². The Morgan fingerprint density at radius 3 is 2.39 bits per heavy atom. The summed E-state index contributed by atoms with van der Waals surface area (Å²) in [6.45, 7) is 0. The molecule has 3 N–H and O–H groups in total. The molecule has 0 aliphatic rings. The molecule has 0 aliphatic heterocycles. The lowest BCUT2D eigenvalue weighted by Gasteiger charge is -2.10. The first-order valence-corrected chi connectivity index (χ1v) is 8.41. The Labute approximate surface area is 139 Å². The molecule has 8 heteroatoms. The molecule has 0 heterocycles. The van der Waals surface area contributed by atoms with Crippen molar-refractivity contribution in [1.82, 2.24) is 0 Å². The minimum atomic E-state index is -3.78. The van der Waals surface area contributed by atoms with Gasteiger partial charge in [-0.25, -0.2) is 8.42 Å². The lowest BCUT2D eigenvalue weighted by molar-refractivity contribution is -0.117. The van der Waals surface area contributed by atoms with Gasteiger partial charge in [0.15, 0.2) is 0 Å². The zero-order chi connectivity index (χ0) is 17.0. The number of amides is 1. The van der Waals surface area contributed by atoms with E-state index in [1.165, 1.54) is 25.3 Å². The van der Waals surface area contributed by atoms with Crippen LogP contribution in [0.15, 0.2) is 47.4 Å². The predicted octanol–water partition coefficient (Wildman–Crippen LogP) is 2.18. The quantitative estimate of drug-likeness (QED) is 0.830. The molecular weight excluding hydrogens is 340 g/mol. The number of sulfonamides is 1. The number of hydrogen-bond acceptors (Lipinski definition) is 4. The number of benzene rings is 2. The van der Waals surface area contributed by atoms with Crippen LogP contribution in [0, 0.1) is 0 Å². The van der Waals surface area contributed by atoms with Gasteiger partial charge in [0.2, 0.25) is 5.91 Å². The van der Waals surface area contributed by atoms with Crippen molar-refractivity contribution in [3.63, 3.8) is 0 Å². The van der Waals surface area contributed by atoms with Crippen molar-refractivity contribution in [3.8, 4) is 5.75 Å². The molecule has 0 aromatic heterocycles. The third-order valence-electron chi connectivity index (χ3n) is 3.02. The van der Waals surface area contributed by atoms with Crippen molar-refractivity contribution in [2.45, 2.75) is 11.3 Å². The maximum absolute atomic E-state index is 12.3. The number of anilines is 1. The zero-order valence-corrected chi connectivity index (χ0v) is 13.8. The van der Waals surface area contributed by atoms with Crippen LogP contribution in [0.2, 0.25) is 5.02 Å². The number of carbonyl (C=O) groups excluding carboxylic acids is 1. The average molecular weight is 355 g/mol. The van der Waals surface area contributed by atoms with Gasteiger partial charge >= 0.3 is 0 Å². The second-order valence-electron chi connectivity index (χ2n) is 4.74. The molecule has 2 rings (SSSR count). The van der Waals surface area contributed by atoms with Gasteiger partial charge in [-0.1, -0.05) is 23.7 Å². The number of nitrogens with two attached hydrogens (primary N) is 1. The van der Waals surface area contributed by atoms with E-state index in [4.69, 9.17) is 22.1 Å². The molecule has 6 nitrogen and oxygen atoms in total. The molecule has 0 aliphatic carbocycles. The van der Waals surface area contributed by atoms with Crippen LogP contribution in [0.1, 0.15) is 5.56 Å². The van der Waals surface area contributed by atoms with Crippen molar-refractivity contribution >= 4 is 33.2 Å². The number of primary amides is 1. The van der Waals surface area contributed by atoms with E-state index in [9.17, 15) is 13.2 Å². The molecule has 23 heavy (non-hydrogen) atoms. The van der Waals surface area contributed by atoms with Crippen LogP contribution < -0.4 is 15.2 Å². The van der Waals surface area contributed by atoms with Crippen LogP contribution in [0.5, 0.6) is 5.75 Å². The molecule has 0 unspecified atom stereocenters. The molecule has 122 valence electrons. The molecule has 0 bridgehead atoms. The van der Waals surface area contributed by atoms with Gasteiger partial charge in [0.25, 0.3) is 10.0 Å². The van der Waals surface area contributed by atoms with Crippen LogP contribution in [-0.2, 0) is 21.2 Å². The summed E-state index contributed by atoms with van der Waals surface area (Å²) in [6.07, 6.45) is 0.0983. The Bertz CT molecular complexity index is 820. The highest BCUT2D eigenvalue weighted by Crippen LogP contribution is 2.27. The average Bonchev–Trinajstić information content (AvgIpc) is 2.48. The lowest BCUT2D eigenvalue weighted by Crippen LogP contribution is -2.14. The summed E-state index contributed by atoms with van der Waals surface area (Å²) in [5, 5.41) is 0.201. The molecule has 0 fully saturated rings. The van der Waals surface area contributed by atoms with E-state index in [0.29, 0.717) is 17.0 Å². The van der Waals surface area contributed by atoms with Gasteiger partial charge in [0, 0.05) is 5.69 Å². The number of nitrogens with one attached hydrogen (secondary N) is 1. The van der Waals surface area contributed by atoms with Crippen LogP contribution in [0.4, 0.5) is 5.69 Å². The second kappa shape index (κ2) is 6.89. The van der Waals surface area contributed by atoms with Crippen molar-refractivity contribution in [1.29, 1.82) is 0 Å². The zero-order valence-electron chi connectivity index (χ0n) is 12.2. The standard InChI is InChI=1S/C15H15ClN2O4S/c1-22-14-7-6-12(9-13(14)16)23(20,21)18-11-4-2-10(3-5-11)8-15(17)19/h2-7,9,18H,8H2,1H3,(H2,17,19). The largest absolute Gasteiger partial charge is 0.495 e.